The predicted octanol–water partition coefficient (Wildman–Crippen LogP) is 1.65. The Bertz CT molecular complexity index is 168. The first-order valence-electron chi connectivity index (χ1n) is 2.81. The van der Waals surface area contributed by atoms with Crippen LogP contribution in [0.3, 0.4) is 0 Å². The molecule has 0 bridgehead atoms. The molecule has 48 valence electrons. The molecule has 1 heterocycles. The molecule has 1 nitrogen and oxygen atoms in total. The van der Waals surface area contributed by atoms with Crippen molar-refractivity contribution >= 4 is 11.8 Å². The van der Waals surface area contributed by atoms with Gasteiger partial charge in [0.15, 0.2) is 0 Å². The van der Waals surface area contributed by atoms with E-state index in [1.165, 1.54) is 5.57 Å². The standard InChI is InChI=1S/C7H9NS/c8-6-7-2-1-4-9-5-3-7/h1-5H,6,8H2. The summed E-state index contributed by atoms with van der Waals surface area (Å²) in [5.41, 5.74) is 6.59. The fourth-order valence-electron chi connectivity index (χ4n) is 0.572. The fourth-order valence-corrected chi connectivity index (χ4v) is 1.09. The molecule has 1 aliphatic rings. The van der Waals surface area contributed by atoms with Crippen LogP contribution in [0.5, 0.6) is 0 Å². The van der Waals surface area contributed by atoms with Gasteiger partial charge in [0.25, 0.3) is 0 Å². The average molecular weight is 139 g/mol. The van der Waals surface area contributed by atoms with Gasteiger partial charge in [0.2, 0.25) is 0 Å². The van der Waals surface area contributed by atoms with Crippen molar-refractivity contribution in [2.24, 2.45) is 5.73 Å². The monoisotopic (exact) mass is 139 g/mol. The fraction of sp³-hybridized carbons (Fsp3) is 0.143. The summed E-state index contributed by atoms with van der Waals surface area (Å²) in [7, 11) is 0. The van der Waals surface area contributed by atoms with E-state index in [0.29, 0.717) is 6.54 Å². The lowest BCUT2D eigenvalue weighted by Crippen LogP contribution is -1.99. The first-order chi connectivity index (χ1) is 4.43. The third-order valence-electron chi connectivity index (χ3n) is 1.06. The smallest absolute Gasteiger partial charge is 0.0178 e. The van der Waals surface area contributed by atoms with E-state index in [4.69, 9.17) is 5.73 Å². The number of rotatable bonds is 1. The van der Waals surface area contributed by atoms with Gasteiger partial charge in [-0.2, -0.15) is 0 Å². The van der Waals surface area contributed by atoms with Crippen LogP contribution in [0, 0.1) is 0 Å². The highest BCUT2D eigenvalue weighted by molar-refractivity contribution is 8.04. The van der Waals surface area contributed by atoms with E-state index in [2.05, 4.69) is 0 Å². The summed E-state index contributed by atoms with van der Waals surface area (Å²) < 4.78 is 0. The van der Waals surface area contributed by atoms with E-state index in [-0.39, 0.29) is 0 Å². The molecule has 2 N–H and O–H groups in total. The molecule has 0 saturated carbocycles. The molecule has 0 aromatic carbocycles. The van der Waals surface area contributed by atoms with Crippen LogP contribution in [0.2, 0.25) is 0 Å². The highest BCUT2D eigenvalue weighted by Gasteiger charge is 1.86. The molecule has 0 amide bonds. The van der Waals surface area contributed by atoms with Gasteiger partial charge >= 0.3 is 0 Å². The van der Waals surface area contributed by atoms with E-state index in [1.807, 2.05) is 29.0 Å². The third-order valence-corrected chi connectivity index (χ3v) is 1.67. The maximum absolute atomic E-state index is 5.41. The highest BCUT2D eigenvalue weighted by Crippen LogP contribution is 2.10. The van der Waals surface area contributed by atoms with Gasteiger partial charge in [-0.3, -0.25) is 0 Å². The Labute approximate surface area is 59.3 Å². The Kier molecular flexibility index (Phi) is 2.61. The lowest BCUT2D eigenvalue weighted by molar-refractivity contribution is 1.19. The summed E-state index contributed by atoms with van der Waals surface area (Å²) in [5, 5.41) is 4.06. The molecule has 0 radical (unpaired) electrons. The Morgan fingerprint density at radius 3 is 3.11 bits per heavy atom. The topological polar surface area (TPSA) is 26.0 Å². The van der Waals surface area contributed by atoms with E-state index in [9.17, 15) is 0 Å². The number of thioether (sulfide) groups is 1. The molecule has 1 rings (SSSR count). The summed E-state index contributed by atoms with van der Waals surface area (Å²) in [4.78, 5) is 0. The van der Waals surface area contributed by atoms with Crippen LogP contribution in [0.25, 0.3) is 0 Å². The Morgan fingerprint density at radius 2 is 2.33 bits per heavy atom. The Balaban J connectivity index is 2.67. The third kappa shape index (κ3) is 2.08. The average Bonchev–Trinajstić information content (AvgIpc) is 2.13. The minimum Gasteiger partial charge on any atom is -0.326 e. The quantitative estimate of drug-likeness (QED) is 0.597. The summed E-state index contributed by atoms with van der Waals surface area (Å²) in [5.74, 6) is 0. The molecule has 1 aliphatic heterocycles. The van der Waals surface area contributed by atoms with Crippen molar-refractivity contribution in [3.63, 3.8) is 0 Å². The normalized spacial score (nSPS) is 17.2. The first kappa shape index (κ1) is 6.65. The maximum Gasteiger partial charge on any atom is 0.0178 e. The van der Waals surface area contributed by atoms with Gasteiger partial charge in [-0.15, -0.1) is 11.8 Å². The second kappa shape index (κ2) is 3.54. The van der Waals surface area contributed by atoms with Crippen molar-refractivity contribution < 1.29 is 0 Å². The predicted molar refractivity (Wildman–Crippen MR) is 43.0 cm³/mol. The van der Waals surface area contributed by atoms with Crippen molar-refractivity contribution in [3.05, 3.63) is 34.6 Å². The van der Waals surface area contributed by atoms with E-state index < -0.39 is 0 Å². The molecule has 0 unspecified atom stereocenters. The van der Waals surface area contributed by atoms with Crippen molar-refractivity contribution in [1.82, 2.24) is 0 Å². The van der Waals surface area contributed by atoms with Crippen LogP contribution in [0.4, 0.5) is 0 Å². The van der Waals surface area contributed by atoms with Crippen LogP contribution in [0.15, 0.2) is 34.6 Å². The Hall–Kier alpha value is -0.470. The van der Waals surface area contributed by atoms with Gasteiger partial charge in [0.1, 0.15) is 0 Å². The summed E-state index contributed by atoms with van der Waals surface area (Å²) in [6.07, 6.45) is 6.06. The maximum atomic E-state index is 5.41. The lowest BCUT2D eigenvalue weighted by atomic mass is 10.2. The lowest BCUT2D eigenvalue weighted by Gasteiger charge is -1.89. The van der Waals surface area contributed by atoms with Crippen molar-refractivity contribution in [2.75, 3.05) is 6.54 Å². The molecule has 0 aromatic heterocycles. The van der Waals surface area contributed by atoms with E-state index in [0.717, 1.165) is 0 Å². The molecule has 2 heteroatoms. The summed E-state index contributed by atoms with van der Waals surface area (Å²) >= 11 is 1.67. The van der Waals surface area contributed by atoms with Crippen LogP contribution < -0.4 is 5.73 Å². The van der Waals surface area contributed by atoms with Crippen LogP contribution in [0.1, 0.15) is 0 Å². The summed E-state index contributed by atoms with van der Waals surface area (Å²) in [6.45, 7) is 0.626. The Morgan fingerprint density at radius 1 is 1.44 bits per heavy atom. The second-order valence-electron chi connectivity index (χ2n) is 1.71. The molecule has 0 fully saturated rings. The minimum atomic E-state index is 0.626. The summed E-state index contributed by atoms with van der Waals surface area (Å²) in [6, 6.07) is 0. The highest BCUT2D eigenvalue weighted by atomic mass is 32.2. The van der Waals surface area contributed by atoms with Crippen LogP contribution in [-0.2, 0) is 0 Å². The first-order valence-corrected chi connectivity index (χ1v) is 3.75. The molecular formula is C7H9NS. The number of allylic oxidation sites excluding steroid dienone is 2. The van der Waals surface area contributed by atoms with Crippen molar-refractivity contribution in [1.29, 1.82) is 0 Å². The largest absolute Gasteiger partial charge is 0.326 e. The molecule has 0 saturated heterocycles. The number of hydrogen-bond acceptors (Lipinski definition) is 2. The second-order valence-corrected chi connectivity index (χ2v) is 2.53. The zero-order chi connectivity index (χ0) is 6.53. The molecule has 0 atom stereocenters. The van der Waals surface area contributed by atoms with Crippen LogP contribution >= 0.6 is 11.8 Å². The molecule has 0 aliphatic carbocycles. The van der Waals surface area contributed by atoms with Gasteiger partial charge < -0.3 is 5.73 Å². The molecular weight excluding hydrogens is 130 g/mol. The molecule has 0 aromatic rings. The van der Waals surface area contributed by atoms with E-state index in [1.54, 1.807) is 11.8 Å². The van der Waals surface area contributed by atoms with Gasteiger partial charge in [-0.25, -0.2) is 0 Å². The zero-order valence-electron chi connectivity index (χ0n) is 5.08. The van der Waals surface area contributed by atoms with Gasteiger partial charge in [0, 0.05) is 6.54 Å². The van der Waals surface area contributed by atoms with Crippen molar-refractivity contribution in [2.45, 2.75) is 0 Å². The van der Waals surface area contributed by atoms with Gasteiger partial charge in [0.05, 0.1) is 0 Å². The van der Waals surface area contributed by atoms with Gasteiger partial charge in [-0.1, -0.05) is 18.2 Å². The minimum absolute atomic E-state index is 0.626. The van der Waals surface area contributed by atoms with E-state index >= 15 is 0 Å². The zero-order valence-corrected chi connectivity index (χ0v) is 5.90. The SMILES string of the molecule is NCC1=CC=CSC=C1. The number of nitrogens with two attached hydrogens (primary N) is 1. The van der Waals surface area contributed by atoms with Crippen LogP contribution in [-0.4, -0.2) is 6.54 Å². The van der Waals surface area contributed by atoms with Crippen molar-refractivity contribution in [3.8, 4) is 0 Å². The molecule has 0 spiro atoms. The number of hydrogen-bond donors (Lipinski definition) is 1. The molecule has 9 heavy (non-hydrogen) atoms. The van der Waals surface area contributed by atoms with Gasteiger partial charge in [-0.05, 0) is 16.4 Å².